The van der Waals surface area contributed by atoms with Crippen molar-refractivity contribution < 1.29 is 4.74 Å². The van der Waals surface area contributed by atoms with Crippen LogP contribution in [0.1, 0.15) is 58.8 Å². The summed E-state index contributed by atoms with van der Waals surface area (Å²) in [6.07, 6.45) is 8.97. The summed E-state index contributed by atoms with van der Waals surface area (Å²) in [5, 5.41) is 0. The first kappa shape index (κ1) is 12.4. The number of rotatable bonds is 3. The Morgan fingerprint density at radius 2 is 2.00 bits per heavy atom. The number of hydrogen-bond acceptors (Lipinski definition) is 2. The van der Waals surface area contributed by atoms with Crippen LogP contribution < -0.4 is 5.73 Å². The van der Waals surface area contributed by atoms with Gasteiger partial charge in [0.15, 0.2) is 0 Å². The summed E-state index contributed by atoms with van der Waals surface area (Å²) in [6, 6.07) is 0. The van der Waals surface area contributed by atoms with Crippen LogP contribution in [0.15, 0.2) is 0 Å². The predicted molar refractivity (Wildman–Crippen MR) is 67.3 cm³/mol. The van der Waals surface area contributed by atoms with E-state index in [1.807, 2.05) is 0 Å². The molecular weight excluding hydrogens is 198 g/mol. The second-order valence-corrected chi connectivity index (χ2v) is 6.46. The second kappa shape index (κ2) is 4.66. The maximum Gasteiger partial charge on any atom is 0.0685 e. The van der Waals surface area contributed by atoms with Gasteiger partial charge >= 0.3 is 0 Å². The molecule has 2 fully saturated rings. The second-order valence-electron chi connectivity index (χ2n) is 6.46. The fourth-order valence-corrected chi connectivity index (χ4v) is 3.64. The molecule has 1 aliphatic carbocycles. The van der Waals surface area contributed by atoms with Gasteiger partial charge in [0, 0.05) is 6.61 Å². The number of nitrogens with two attached hydrogens (primary N) is 1. The molecule has 0 amide bonds. The molecule has 2 aliphatic rings. The summed E-state index contributed by atoms with van der Waals surface area (Å²) >= 11 is 0. The van der Waals surface area contributed by atoms with E-state index in [-0.39, 0.29) is 5.60 Å². The lowest BCUT2D eigenvalue weighted by Gasteiger charge is -2.45. The molecule has 2 nitrogen and oxygen atoms in total. The molecule has 1 unspecified atom stereocenters. The standard InChI is InChI=1S/C14H27NO/c1-13(2,8-9-15)12-5-10-16-14(11-12)6-3-4-7-14/h12H,3-11,15H2,1-2H3. The number of hydrogen-bond donors (Lipinski definition) is 1. The fourth-order valence-electron chi connectivity index (χ4n) is 3.64. The highest BCUT2D eigenvalue weighted by atomic mass is 16.5. The summed E-state index contributed by atoms with van der Waals surface area (Å²) in [7, 11) is 0. The van der Waals surface area contributed by atoms with Gasteiger partial charge in [-0.2, -0.15) is 0 Å². The third-order valence-electron chi connectivity index (χ3n) is 4.90. The van der Waals surface area contributed by atoms with Crippen molar-refractivity contribution in [3.63, 3.8) is 0 Å². The van der Waals surface area contributed by atoms with Crippen molar-refractivity contribution in [2.75, 3.05) is 13.2 Å². The summed E-state index contributed by atoms with van der Waals surface area (Å²) in [4.78, 5) is 0. The van der Waals surface area contributed by atoms with Crippen molar-refractivity contribution in [2.24, 2.45) is 17.1 Å². The minimum atomic E-state index is 0.259. The largest absolute Gasteiger partial charge is 0.375 e. The van der Waals surface area contributed by atoms with E-state index >= 15 is 0 Å². The molecule has 0 bridgehead atoms. The fraction of sp³-hybridized carbons (Fsp3) is 1.00. The van der Waals surface area contributed by atoms with Crippen LogP contribution in [0.5, 0.6) is 0 Å². The predicted octanol–water partition coefficient (Wildman–Crippen LogP) is 3.10. The lowest BCUT2D eigenvalue weighted by molar-refractivity contribution is -0.112. The van der Waals surface area contributed by atoms with Crippen LogP contribution in [-0.4, -0.2) is 18.8 Å². The Balaban J connectivity index is 2.00. The summed E-state index contributed by atoms with van der Waals surface area (Å²) in [6.45, 7) is 6.56. The number of ether oxygens (including phenoxy) is 1. The zero-order valence-electron chi connectivity index (χ0n) is 10.9. The molecule has 2 rings (SSSR count). The Kier molecular flexibility index (Phi) is 3.60. The molecule has 0 radical (unpaired) electrons. The van der Waals surface area contributed by atoms with Gasteiger partial charge in [-0.3, -0.25) is 0 Å². The third-order valence-corrected chi connectivity index (χ3v) is 4.90. The van der Waals surface area contributed by atoms with Crippen LogP contribution in [0.25, 0.3) is 0 Å². The van der Waals surface area contributed by atoms with E-state index in [4.69, 9.17) is 10.5 Å². The Bertz CT molecular complexity index is 231. The van der Waals surface area contributed by atoms with Crippen molar-refractivity contribution in [3.05, 3.63) is 0 Å². The molecule has 16 heavy (non-hydrogen) atoms. The van der Waals surface area contributed by atoms with Gasteiger partial charge in [0.25, 0.3) is 0 Å². The van der Waals surface area contributed by atoms with E-state index in [1.165, 1.54) is 38.5 Å². The van der Waals surface area contributed by atoms with Crippen LogP contribution in [0.3, 0.4) is 0 Å². The first-order valence-corrected chi connectivity index (χ1v) is 6.92. The normalized spacial score (nSPS) is 29.8. The first-order chi connectivity index (χ1) is 7.58. The molecule has 1 heterocycles. The lowest BCUT2D eigenvalue weighted by atomic mass is 9.68. The quantitative estimate of drug-likeness (QED) is 0.801. The van der Waals surface area contributed by atoms with Crippen LogP contribution in [0, 0.1) is 11.3 Å². The molecular formula is C14H27NO. The van der Waals surface area contributed by atoms with Crippen molar-refractivity contribution >= 4 is 0 Å². The summed E-state index contributed by atoms with van der Waals surface area (Å²) in [5.41, 5.74) is 6.39. The summed E-state index contributed by atoms with van der Waals surface area (Å²) < 4.78 is 6.10. The monoisotopic (exact) mass is 225 g/mol. The van der Waals surface area contributed by atoms with E-state index in [2.05, 4.69) is 13.8 Å². The van der Waals surface area contributed by atoms with E-state index in [0.29, 0.717) is 5.41 Å². The molecule has 1 aliphatic heterocycles. The SMILES string of the molecule is CC(C)(CCN)C1CCOC2(CCCC2)C1. The zero-order chi connectivity index (χ0) is 11.6. The third kappa shape index (κ3) is 2.43. The maximum absolute atomic E-state index is 6.10. The Labute approximate surface area is 99.9 Å². The van der Waals surface area contributed by atoms with Gasteiger partial charge < -0.3 is 10.5 Å². The van der Waals surface area contributed by atoms with Crippen LogP contribution >= 0.6 is 0 Å². The summed E-state index contributed by atoms with van der Waals surface area (Å²) in [5.74, 6) is 0.808. The van der Waals surface area contributed by atoms with Gasteiger partial charge in [0.1, 0.15) is 0 Å². The lowest BCUT2D eigenvalue weighted by Crippen LogP contribution is -2.42. The van der Waals surface area contributed by atoms with Crippen molar-refractivity contribution in [3.8, 4) is 0 Å². The molecule has 1 saturated heterocycles. The van der Waals surface area contributed by atoms with Gasteiger partial charge in [-0.25, -0.2) is 0 Å². The molecule has 0 aromatic rings. The van der Waals surface area contributed by atoms with E-state index < -0.39 is 0 Å². The molecule has 0 aromatic heterocycles. The molecule has 1 spiro atoms. The highest BCUT2D eigenvalue weighted by Gasteiger charge is 2.43. The average molecular weight is 225 g/mol. The Hall–Kier alpha value is -0.0800. The van der Waals surface area contributed by atoms with Crippen LogP contribution in [-0.2, 0) is 4.74 Å². The van der Waals surface area contributed by atoms with Crippen LogP contribution in [0.2, 0.25) is 0 Å². The first-order valence-electron chi connectivity index (χ1n) is 6.92. The highest BCUT2D eigenvalue weighted by molar-refractivity contribution is 4.94. The Morgan fingerprint density at radius 1 is 1.31 bits per heavy atom. The van der Waals surface area contributed by atoms with Crippen molar-refractivity contribution in [1.29, 1.82) is 0 Å². The molecule has 94 valence electrons. The van der Waals surface area contributed by atoms with Crippen molar-refractivity contribution in [2.45, 2.75) is 64.4 Å². The molecule has 2 heteroatoms. The van der Waals surface area contributed by atoms with Gasteiger partial charge in [-0.05, 0) is 50.0 Å². The zero-order valence-corrected chi connectivity index (χ0v) is 10.9. The highest BCUT2D eigenvalue weighted by Crippen LogP contribution is 2.47. The smallest absolute Gasteiger partial charge is 0.0685 e. The van der Waals surface area contributed by atoms with E-state index in [0.717, 1.165) is 25.5 Å². The van der Waals surface area contributed by atoms with Gasteiger partial charge in [0.05, 0.1) is 5.60 Å². The maximum atomic E-state index is 6.10. The van der Waals surface area contributed by atoms with Gasteiger partial charge in [-0.15, -0.1) is 0 Å². The van der Waals surface area contributed by atoms with E-state index in [1.54, 1.807) is 0 Å². The van der Waals surface area contributed by atoms with E-state index in [9.17, 15) is 0 Å². The molecule has 0 aromatic carbocycles. The minimum absolute atomic E-state index is 0.259. The molecule has 1 saturated carbocycles. The van der Waals surface area contributed by atoms with Crippen LogP contribution in [0.4, 0.5) is 0 Å². The molecule has 1 atom stereocenters. The molecule has 2 N–H and O–H groups in total. The van der Waals surface area contributed by atoms with Crippen molar-refractivity contribution in [1.82, 2.24) is 0 Å². The van der Waals surface area contributed by atoms with Gasteiger partial charge in [-0.1, -0.05) is 26.7 Å². The minimum Gasteiger partial charge on any atom is -0.375 e. The average Bonchev–Trinajstić information content (AvgIpc) is 2.66. The topological polar surface area (TPSA) is 35.2 Å². The Morgan fingerprint density at radius 3 is 2.62 bits per heavy atom. The van der Waals surface area contributed by atoms with Gasteiger partial charge in [0.2, 0.25) is 0 Å².